The number of hydrogen-bond acceptors (Lipinski definition) is 4. The van der Waals surface area contributed by atoms with Crippen molar-refractivity contribution < 1.29 is 5.11 Å². The summed E-state index contributed by atoms with van der Waals surface area (Å²) in [7, 11) is 2.09. The van der Waals surface area contributed by atoms with Gasteiger partial charge in [-0.05, 0) is 20.0 Å². The number of aliphatic hydroxyl groups excluding tert-OH is 1. The molecule has 4 nitrogen and oxygen atoms in total. The van der Waals surface area contributed by atoms with Crippen molar-refractivity contribution in [3.8, 4) is 0 Å². The SMILES string of the molecule is CCCCN(C)C[C@@H](O)CN1CCNCC1. The van der Waals surface area contributed by atoms with Crippen LogP contribution < -0.4 is 5.32 Å². The van der Waals surface area contributed by atoms with Crippen molar-refractivity contribution in [1.29, 1.82) is 0 Å². The second kappa shape index (κ2) is 8.01. The number of piperazine rings is 1. The van der Waals surface area contributed by atoms with Crippen molar-refractivity contribution >= 4 is 0 Å². The molecule has 4 heteroatoms. The Morgan fingerprint density at radius 2 is 2.06 bits per heavy atom. The number of likely N-dealkylation sites (N-methyl/N-ethyl adjacent to an activating group) is 1. The molecule has 0 amide bonds. The molecule has 1 aliphatic rings. The van der Waals surface area contributed by atoms with Gasteiger partial charge >= 0.3 is 0 Å². The average molecular weight is 229 g/mol. The summed E-state index contributed by atoms with van der Waals surface area (Å²) in [6, 6.07) is 0. The molecular weight excluding hydrogens is 202 g/mol. The molecule has 0 unspecified atom stereocenters. The zero-order valence-electron chi connectivity index (χ0n) is 10.8. The number of nitrogens with zero attached hydrogens (tertiary/aromatic N) is 2. The van der Waals surface area contributed by atoms with E-state index in [1.165, 1.54) is 12.8 Å². The molecule has 0 saturated carbocycles. The quantitative estimate of drug-likeness (QED) is 0.644. The summed E-state index contributed by atoms with van der Waals surface area (Å²) in [6.07, 6.45) is 2.23. The van der Waals surface area contributed by atoms with E-state index in [1.807, 2.05) is 0 Å². The van der Waals surface area contributed by atoms with Gasteiger partial charge in [-0.2, -0.15) is 0 Å². The van der Waals surface area contributed by atoms with E-state index in [1.54, 1.807) is 0 Å². The Kier molecular flexibility index (Phi) is 6.96. The molecule has 0 aromatic carbocycles. The fraction of sp³-hybridized carbons (Fsp3) is 1.00. The van der Waals surface area contributed by atoms with Gasteiger partial charge in [-0.1, -0.05) is 13.3 Å². The van der Waals surface area contributed by atoms with Crippen LogP contribution in [0.25, 0.3) is 0 Å². The van der Waals surface area contributed by atoms with Gasteiger partial charge in [0, 0.05) is 39.3 Å². The molecule has 1 aliphatic heterocycles. The van der Waals surface area contributed by atoms with E-state index in [4.69, 9.17) is 0 Å². The molecule has 0 aromatic heterocycles. The third-order valence-electron chi connectivity index (χ3n) is 3.09. The number of β-amino-alcohol motifs (C(OH)–C–C–N with tert-alkyl or cyclic N) is 1. The lowest BCUT2D eigenvalue weighted by Gasteiger charge is -2.30. The molecule has 1 atom stereocenters. The first-order chi connectivity index (χ1) is 7.72. The van der Waals surface area contributed by atoms with Gasteiger partial charge < -0.3 is 15.3 Å². The third-order valence-corrected chi connectivity index (χ3v) is 3.09. The minimum absolute atomic E-state index is 0.208. The molecule has 16 heavy (non-hydrogen) atoms. The third kappa shape index (κ3) is 5.80. The molecule has 0 aromatic rings. The predicted octanol–water partition coefficient (Wildman–Crippen LogP) is -0.0156. The zero-order valence-corrected chi connectivity index (χ0v) is 10.8. The molecule has 0 spiro atoms. The molecule has 2 N–H and O–H groups in total. The van der Waals surface area contributed by atoms with Crippen molar-refractivity contribution in [1.82, 2.24) is 15.1 Å². The molecule has 1 saturated heterocycles. The lowest BCUT2D eigenvalue weighted by molar-refractivity contribution is 0.0767. The molecule has 0 aliphatic carbocycles. The highest BCUT2D eigenvalue weighted by molar-refractivity contribution is 4.72. The Bertz CT molecular complexity index is 172. The Balaban J connectivity index is 2.11. The van der Waals surface area contributed by atoms with Crippen LogP contribution in [-0.4, -0.2) is 73.9 Å². The number of unbranched alkanes of at least 4 members (excludes halogenated alkanes) is 1. The highest BCUT2D eigenvalue weighted by Crippen LogP contribution is 1.98. The lowest BCUT2D eigenvalue weighted by Crippen LogP contribution is -2.48. The number of rotatable bonds is 7. The highest BCUT2D eigenvalue weighted by atomic mass is 16.3. The van der Waals surface area contributed by atoms with E-state index < -0.39 is 0 Å². The fourth-order valence-electron chi connectivity index (χ4n) is 2.13. The normalized spacial score (nSPS) is 20.2. The maximum Gasteiger partial charge on any atom is 0.0793 e. The molecule has 96 valence electrons. The Labute approximate surface area is 99.6 Å². The van der Waals surface area contributed by atoms with Gasteiger partial charge in [0.2, 0.25) is 0 Å². The van der Waals surface area contributed by atoms with Crippen molar-refractivity contribution in [2.24, 2.45) is 0 Å². The van der Waals surface area contributed by atoms with E-state index in [0.717, 1.165) is 45.8 Å². The summed E-state index contributed by atoms with van der Waals surface area (Å²) in [5.41, 5.74) is 0. The minimum atomic E-state index is -0.208. The smallest absolute Gasteiger partial charge is 0.0793 e. The van der Waals surface area contributed by atoms with Gasteiger partial charge in [-0.15, -0.1) is 0 Å². The second-order valence-corrected chi connectivity index (χ2v) is 4.82. The maximum atomic E-state index is 9.97. The van der Waals surface area contributed by atoms with E-state index in [-0.39, 0.29) is 6.10 Å². The molecule has 0 bridgehead atoms. The maximum absolute atomic E-state index is 9.97. The van der Waals surface area contributed by atoms with Crippen molar-refractivity contribution in [2.45, 2.75) is 25.9 Å². The highest BCUT2D eigenvalue weighted by Gasteiger charge is 2.15. The van der Waals surface area contributed by atoms with E-state index in [9.17, 15) is 5.11 Å². The van der Waals surface area contributed by atoms with Crippen molar-refractivity contribution in [3.63, 3.8) is 0 Å². The summed E-state index contributed by atoms with van der Waals surface area (Å²) < 4.78 is 0. The monoisotopic (exact) mass is 229 g/mol. The number of hydrogen-bond donors (Lipinski definition) is 2. The van der Waals surface area contributed by atoms with Crippen LogP contribution in [0.4, 0.5) is 0 Å². The average Bonchev–Trinajstić information content (AvgIpc) is 2.27. The molecule has 1 rings (SSSR count). The van der Waals surface area contributed by atoms with Crippen LogP contribution in [0.2, 0.25) is 0 Å². The zero-order chi connectivity index (χ0) is 11.8. The van der Waals surface area contributed by atoms with E-state index >= 15 is 0 Å². The Hall–Kier alpha value is -0.160. The lowest BCUT2D eigenvalue weighted by atomic mass is 10.2. The number of nitrogens with one attached hydrogen (secondary N) is 1. The number of aliphatic hydroxyl groups is 1. The van der Waals surface area contributed by atoms with Crippen LogP contribution >= 0.6 is 0 Å². The molecule has 1 heterocycles. The van der Waals surface area contributed by atoms with Crippen molar-refractivity contribution in [2.75, 3.05) is 52.9 Å². The van der Waals surface area contributed by atoms with Crippen LogP contribution in [0.1, 0.15) is 19.8 Å². The van der Waals surface area contributed by atoms with Gasteiger partial charge in [-0.25, -0.2) is 0 Å². The van der Waals surface area contributed by atoms with Crippen LogP contribution in [-0.2, 0) is 0 Å². The van der Waals surface area contributed by atoms with Gasteiger partial charge in [0.25, 0.3) is 0 Å². The largest absolute Gasteiger partial charge is 0.390 e. The first-order valence-corrected chi connectivity index (χ1v) is 6.52. The predicted molar refractivity (Wildman–Crippen MR) is 67.7 cm³/mol. The summed E-state index contributed by atoms with van der Waals surface area (Å²) >= 11 is 0. The van der Waals surface area contributed by atoms with Crippen LogP contribution in [0.3, 0.4) is 0 Å². The molecular formula is C12H27N3O. The fourth-order valence-corrected chi connectivity index (χ4v) is 2.13. The summed E-state index contributed by atoms with van der Waals surface area (Å²) in [4.78, 5) is 4.57. The van der Waals surface area contributed by atoms with Gasteiger partial charge in [-0.3, -0.25) is 4.90 Å². The van der Waals surface area contributed by atoms with Gasteiger partial charge in [0.15, 0.2) is 0 Å². The minimum Gasteiger partial charge on any atom is -0.390 e. The summed E-state index contributed by atoms with van der Waals surface area (Å²) in [5, 5.41) is 13.3. The summed E-state index contributed by atoms with van der Waals surface area (Å²) in [5.74, 6) is 0. The molecule has 0 radical (unpaired) electrons. The Morgan fingerprint density at radius 1 is 1.38 bits per heavy atom. The van der Waals surface area contributed by atoms with Gasteiger partial charge in [0.1, 0.15) is 0 Å². The van der Waals surface area contributed by atoms with E-state index in [2.05, 4.69) is 29.1 Å². The van der Waals surface area contributed by atoms with Crippen LogP contribution in [0.5, 0.6) is 0 Å². The Morgan fingerprint density at radius 3 is 2.69 bits per heavy atom. The molecule has 1 fully saturated rings. The second-order valence-electron chi connectivity index (χ2n) is 4.82. The van der Waals surface area contributed by atoms with Gasteiger partial charge in [0.05, 0.1) is 6.10 Å². The first kappa shape index (κ1) is 13.9. The van der Waals surface area contributed by atoms with Crippen LogP contribution in [0, 0.1) is 0 Å². The standard InChI is InChI=1S/C12H27N3O/c1-3-4-7-14(2)10-12(16)11-15-8-5-13-6-9-15/h12-13,16H,3-11H2,1-2H3/t12-/m1/s1. The van der Waals surface area contributed by atoms with Crippen molar-refractivity contribution in [3.05, 3.63) is 0 Å². The summed E-state index contributed by atoms with van der Waals surface area (Å²) in [6.45, 7) is 9.14. The van der Waals surface area contributed by atoms with E-state index in [0.29, 0.717) is 0 Å². The van der Waals surface area contributed by atoms with Crippen LogP contribution in [0.15, 0.2) is 0 Å². The first-order valence-electron chi connectivity index (χ1n) is 6.52. The topological polar surface area (TPSA) is 38.7 Å².